The molecule has 3 rings (SSSR count). The van der Waals surface area contributed by atoms with Gasteiger partial charge in [-0.05, 0) is 24.6 Å². The molecule has 2 aromatic rings. The number of benzene rings is 2. The molecule has 1 N–H and O–H groups in total. The average Bonchev–Trinajstić information content (AvgIpc) is 2.67. The SMILES string of the molecule is Cc1ccccc1N1CCN(c2cc(N(C)C)c(C(=O)O)cc2[N+](=O)[O-])CC1. The van der Waals surface area contributed by atoms with E-state index in [0.29, 0.717) is 24.5 Å². The fraction of sp³-hybridized carbons (Fsp3) is 0.350. The van der Waals surface area contributed by atoms with E-state index >= 15 is 0 Å². The third kappa shape index (κ3) is 3.71. The van der Waals surface area contributed by atoms with Gasteiger partial charge in [0.15, 0.2) is 0 Å². The number of rotatable bonds is 5. The third-order valence-electron chi connectivity index (χ3n) is 5.08. The van der Waals surface area contributed by atoms with Gasteiger partial charge in [-0.25, -0.2) is 4.79 Å². The Morgan fingerprint density at radius 1 is 1.07 bits per heavy atom. The number of piperazine rings is 1. The van der Waals surface area contributed by atoms with E-state index in [4.69, 9.17) is 0 Å². The van der Waals surface area contributed by atoms with Crippen LogP contribution < -0.4 is 14.7 Å². The summed E-state index contributed by atoms with van der Waals surface area (Å²) in [6.07, 6.45) is 0. The highest BCUT2D eigenvalue weighted by Crippen LogP contribution is 2.36. The van der Waals surface area contributed by atoms with E-state index in [1.807, 2.05) is 17.0 Å². The fourth-order valence-corrected chi connectivity index (χ4v) is 3.61. The van der Waals surface area contributed by atoms with Crippen LogP contribution in [0.3, 0.4) is 0 Å². The van der Waals surface area contributed by atoms with Crippen LogP contribution in [0, 0.1) is 17.0 Å². The molecular formula is C20H24N4O4. The molecule has 0 bridgehead atoms. The van der Waals surface area contributed by atoms with Crippen molar-refractivity contribution >= 4 is 28.7 Å². The Hall–Kier alpha value is -3.29. The summed E-state index contributed by atoms with van der Waals surface area (Å²) in [5.74, 6) is -1.18. The standard InChI is InChI=1S/C20H24N4O4/c1-14-6-4-5-7-16(14)22-8-10-23(11-9-22)18-13-17(21(2)3)15(20(25)26)12-19(18)24(27)28/h4-7,12-13H,8-11H2,1-3H3,(H,25,26). The summed E-state index contributed by atoms with van der Waals surface area (Å²) in [5, 5.41) is 21.1. The zero-order valence-electron chi connectivity index (χ0n) is 16.3. The molecule has 2 aromatic carbocycles. The van der Waals surface area contributed by atoms with E-state index in [2.05, 4.69) is 24.0 Å². The van der Waals surface area contributed by atoms with Crippen molar-refractivity contribution < 1.29 is 14.8 Å². The maximum atomic E-state index is 11.6. The number of aromatic carboxylic acids is 1. The number of nitro benzene ring substituents is 1. The number of aryl methyl sites for hydroxylation is 1. The number of hydrogen-bond donors (Lipinski definition) is 1. The molecule has 1 heterocycles. The van der Waals surface area contributed by atoms with Crippen molar-refractivity contribution in [2.24, 2.45) is 0 Å². The summed E-state index contributed by atoms with van der Waals surface area (Å²) in [4.78, 5) is 28.6. The second kappa shape index (κ2) is 7.75. The summed E-state index contributed by atoms with van der Waals surface area (Å²) in [6.45, 7) is 4.78. The molecule has 1 fully saturated rings. The molecule has 0 spiro atoms. The molecule has 0 aliphatic carbocycles. The Balaban J connectivity index is 1.91. The monoisotopic (exact) mass is 384 g/mol. The lowest BCUT2D eigenvalue weighted by Gasteiger charge is -2.38. The van der Waals surface area contributed by atoms with Gasteiger partial charge in [-0.1, -0.05) is 18.2 Å². The molecule has 1 aliphatic rings. The molecule has 1 saturated heterocycles. The van der Waals surface area contributed by atoms with Crippen LogP contribution in [0.2, 0.25) is 0 Å². The lowest BCUT2D eigenvalue weighted by atomic mass is 10.1. The minimum Gasteiger partial charge on any atom is -0.478 e. The molecule has 0 aromatic heterocycles. The third-order valence-corrected chi connectivity index (χ3v) is 5.08. The largest absolute Gasteiger partial charge is 0.478 e. The minimum atomic E-state index is -1.18. The number of para-hydroxylation sites is 1. The van der Waals surface area contributed by atoms with Crippen molar-refractivity contribution in [3.8, 4) is 0 Å². The van der Waals surface area contributed by atoms with Gasteiger partial charge in [0.2, 0.25) is 0 Å². The Bertz CT molecular complexity index is 905. The van der Waals surface area contributed by atoms with Crippen LogP contribution in [0.1, 0.15) is 15.9 Å². The fourth-order valence-electron chi connectivity index (χ4n) is 3.61. The van der Waals surface area contributed by atoms with Crippen molar-refractivity contribution in [2.75, 3.05) is 55.0 Å². The van der Waals surface area contributed by atoms with Crippen molar-refractivity contribution in [3.63, 3.8) is 0 Å². The van der Waals surface area contributed by atoms with Crippen molar-refractivity contribution in [2.45, 2.75) is 6.92 Å². The molecule has 8 heteroatoms. The quantitative estimate of drug-likeness (QED) is 0.626. The Morgan fingerprint density at radius 3 is 2.14 bits per heavy atom. The van der Waals surface area contributed by atoms with Crippen LogP contribution in [0.5, 0.6) is 0 Å². The molecule has 0 radical (unpaired) electrons. The van der Waals surface area contributed by atoms with Gasteiger partial charge in [0.05, 0.1) is 16.2 Å². The summed E-state index contributed by atoms with van der Waals surface area (Å²) < 4.78 is 0. The minimum absolute atomic E-state index is 0.0704. The summed E-state index contributed by atoms with van der Waals surface area (Å²) >= 11 is 0. The molecular weight excluding hydrogens is 360 g/mol. The first-order chi connectivity index (χ1) is 13.3. The van der Waals surface area contributed by atoms with Crippen molar-refractivity contribution in [3.05, 3.63) is 57.6 Å². The van der Waals surface area contributed by atoms with E-state index in [1.165, 1.54) is 17.3 Å². The predicted octanol–water partition coefficient (Wildman–Crippen LogP) is 2.99. The van der Waals surface area contributed by atoms with Crippen molar-refractivity contribution in [1.29, 1.82) is 0 Å². The lowest BCUT2D eigenvalue weighted by Crippen LogP contribution is -2.47. The first-order valence-electron chi connectivity index (χ1n) is 9.08. The highest BCUT2D eigenvalue weighted by Gasteiger charge is 2.28. The zero-order valence-corrected chi connectivity index (χ0v) is 16.3. The topological polar surface area (TPSA) is 90.2 Å². The Labute approximate surface area is 163 Å². The van der Waals surface area contributed by atoms with Crippen LogP contribution in [0.25, 0.3) is 0 Å². The van der Waals surface area contributed by atoms with Gasteiger partial charge < -0.3 is 19.8 Å². The maximum Gasteiger partial charge on any atom is 0.338 e. The number of carboxylic acids is 1. The van der Waals surface area contributed by atoms with E-state index in [9.17, 15) is 20.0 Å². The molecule has 8 nitrogen and oxygen atoms in total. The van der Waals surface area contributed by atoms with Crippen LogP contribution in [-0.2, 0) is 0 Å². The molecule has 0 amide bonds. The van der Waals surface area contributed by atoms with Crippen LogP contribution in [0.15, 0.2) is 36.4 Å². The Kier molecular flexibility index (Phi) is 5.39. The van der Waals surface area contributed by atoms with E-state index in [1.54, 1.807) is 25.1 Å². The van der Waals surface area contributed by atoms with Gasteiger partial charge in [-0.2, -0.15) is 0 Å². The Morgan fingerprint density at radius 2 is 1.64 bits per heavy atom. The van der Waals surface area contributed by atoms with Crippen LogP contribution in [-0.4, -0.2) is 56.3 Å². The van der Waals surface area contributed by atoms with Gasteiger partial charge in [-0.3, -0.25) is 10.1 Å². The zero-order chi connectivity index (χ0) is 20.4. The van der Waals surface area contributed by atoms with E-state index in [0.717, 1.165) is 13.1 Å². The molecule has 148 valence electrons. The van der Waals surface area contributed by atoms with Crippen LogP contribution in [0.4, 0.5) is 22.7 Å². The van der Waals surface area contributed by atoms with Gasteiger partial charge >= 0.3 is 5.97 Å². The number of nitrogens with zero attached hydrogens (tertiary/aromatic N) is 4. The second-order valence-electron chi connectivity index (χ2n) is 7.08. The first-order valence-corrected chi connectivity index (χ1v) is 9.08. The number of carboxylic acid groups (broad SMARTS) is 1. The van der Waals surface area contributed by atoms with Gasteiger partial charge in [0.25, 0.3) is 5.69 Å². The predicted molar refractivity (Wildman–Crippen MR) is 110 cm³/mol. The maximum absolute atomic E-state index is 11.6. The highest BCUT2D eigenvalue weighted by atomic mass is 16.6. The molecule has 28 heavy (non-hydrogen) atoms. The average molecular weight is 384 g/mol. The molecule has 1 aliphatic heterocycles. The highest BCUT2D eigenvalue weighted by molar-refractivity contribution is 5.97. The lowest BCUT2D eigenvalue weighted by molar-refractivity contribution is -0.384. The smallest absolute Gasteiger partial charge is 0.338 e. The van der Waals surface area contributed by atoms with Crippen LogP contribution >= 0.6 is 0 Å². The number of carbonyl (C=O) groups is 1. The normalized spacial score (nSPS) is 14.1. The number of anilines is 3. The van der Waals surface area contributed by atoms with E-state index in [-0.39, 0.29) is 11.3 Å². The van der Waals surface area contributed by atoms with Crippen molar-refractivity contribution in [1.82, 2.24) is 0 Å². The first kappa shape index (κ1) is 19.5. The summed E-state index contributed by atoms with van der Waals surface area (Å²) in [6, 6.07) is 10.9. The van der Waals surface area contributed by atoms with Gasteiger partial charge in [0.1, 0.15) is 5.69 Å². The molecule has 0 saturated carbocycles. The van der Waals surface area contributed by atoms with E-state index < -0.39 is 10.9 Å². The summed E-state index contributed by atoms with van der Waals surface area (Å²) in [7, 11) is 3.46. The second-order valence-corrected chi connectivity index (χ2v) is 7.08. The van der Waals surface area contributed by atoms with Gasteiger partial charge in [0, 0.05) is 52.0 Å². The summed E-state index contributed by atoms with van der Waals surface area (Å²) in [5.41, 5.74) is 3.04. The van der Waals surface area contributed by atoms with Gasteiger partial charge in [-0.15, -0.1) is 0 Å². The number of hydrogen-bond acceptors (Lipinski definition) is 6. The molecule has 0 atom stereocenters. The molecule has 0 unspecified atom stereocenters. The number of nitro groups is 1.